The summed E-state index contributed by atoms with van der Waals surface area (Å²) in [4.78, 5) is 31.6. The van der Waals surface area contributed by atoms with Gasteiger partial charge in [-0.1, -0.05) is 54.1 Å². The van der Waals surface area contributed by atoms with E-state index in [1.54, 1.807) is 7.11 Å². The minimum Gasteiger partial charge on any atom is -0.497 e. The molecule has 0 aliphatic carbocycles. The first-order valence-electron chi connectivity index (χ1n) is 11.7. The van der Waals surface area contributed by atoms with E-state index in [1.165, 1.54) is 0 Å². The van der Waals surface area contributed by atoms with Crippen LogP contribution in [0.3, 0.4) is 0 Å². The molecule has 1 saturated heterocycles. The molecule has 3 aromatic rings. The summed E-state index contributed by atoms with van der Waals surface area (Å²) >= 11 is 6.10. The number of methoxy groups -OCH3 is 1. The van der Waals surface area contributed by atoms with Crippen LogP contribution in [0, 0.1) is 0 Å². The first-order valence-corrected chi connectivity index (χ1v) is 12.1. The molecule has 5 rings (SSSR count). The molecule has 35 heavy (non-hydrogen) atoms. The number of benzene rings is 3. The van der Waals surface area contributed by atoms with Crippen LogP contribution in [0.4, 0.5) is 0 Å². The van der Waals surface area contributed by atoms with Gasteiger partial charge in [0.05, 0.1) is 32.3 Å². The van der Waals surface area contributed by atoms with E-state index in [1.807, 2.05) is 82.6 Å². The molecule has 0 aromatic heterocycles. The third-order valence-electron chi connectivity index (χ3n) is 6.75. The van der Waals surface area contributed by atoms with Crippen molar-refractivity contribution in [1.82, 2.24) is 9.80 Å². The third-order valence-corrected chi connectivity index (χ3v) is 7.00. The molecule has 1 fully saturated rings. The van der Waals surface area contributed by atoms with E-state index in [2.05, 4.69) is 0 Å². The van der Waals surface area contributed by atoms with Crippen molar-refractivity contribution in [2.24, 2.45) is 0 Å². The Bertz CT molecular complexity index is 1210. The van der Waals surface area contributed by atoms with E-state index in [4.69, 9.17) is 21.1 Å². The number of nitrogens with zero attached hydrogens (tertiary/aromatic N) is 2. The fraction of sp³-hybridized carbons (Fsp3) is 0.286. The molecule has 2 amide bonds. The molecule has 0 N–H and O–H groups in total. The predicted octanol–water partition coefficient (Wildman–Crippen LogP) is 4.69. The Hall–Kier alpha value is -3.35. The number of morpholine rings is 1. The van der Waals surface area contributed by atoms with E-state index in [9.17, 15) is 9.59 Å². The quantitative estimate of drug-likeness (QED) is 0.520. The molecule has 0 radical (unpaired) electrons. The van der Waals surface area contributed by atoms with Gasteiger partial charge >= 0.3 is 0 Å². The molecule has 0 unspecified atom stereocenters. The first-order chi connectivity index (χ1) is 17.1. The van der Waals surface area contributed by atoms with E-state index < -0.39 is 12.0 Å². The number of rotatable bonds is 5. The number of carbonyl (C=O) groups excluding carboxylic acids is 2. The van der Waals surface area contributed by atoms with Crippen molar-refractivity contribution in [3.63, 3.8) is 0 Å². The zero-order valence-electron chi connectivity index (χ0n) is 19.5. The topological polar surface area (TPSA) is 59.1 Å². The lowest BCUT2D eigenvalue weighted by Crippen LogP contribution is -2.50. The Morgan fingerprint density at radius 2 is 1.69 bits per heavy atom. The van der Waals surface area contributed by atoms with E-state index in [0.717, 1.165) is 22.4 Å². The number of halogens is 1. The second kappa shape index (κ2) is 10.1. The monoisotopic (exact) mass is 490 g/mol. The summed E-state index contributed by atoms with van der Waals surface area (Å²) in [5.74, 6) is 0.0943. The molecule has 6 nitrogen and oxygen atoms in total. The van der Waals surface area contributed by atoms with Gasteiger partial charge in [0.15, 0.2) is 0 Å². The molecule has 7 heteroatoms. The Kier molecular flexibility index (Phi) is 6.75. The van der Waals surface area contributed by atoms with Crippen molar-refractivity contribution in [1.29, 1.82) is 0 Å². The molecule has 0 spiro atoms. The summed E-state index contributed by atoms with van der Waals surface area (Å²) in [6, 6.07) is 22.1. The van der Waals surface area contributed by atoms with Gasteiger partial charge < -0.3 is 19.3 Å². The maximum absolute atomic E-state index is 14.1. The standard InChI is InChI=1S/C28H27ClN2O4/c1-34-22-12-8-20(9-13-22)26-25(28(33)30-14-16-35-17-15-30)23-4-2-3-5-24(23)27(32)31(26)18-19-6-10-21(29)11-7-19/h2-13,25-26H,14-18H2,1H3/t25-,26+/m0/s1. The summed E-state index contributed by atoms with van der Waals surface area (Å²) < 4.78 is 10.8. The number of hydrogen-bond acceptors (Lipinski definition) is 4. The highest BCUT2D eigenvalue weighted by Crippen LogP contribution is 2.44. The second-order valence-electron chi connectivity index (χ2n) is 8.78. The summed E-state index contributed by atoms with van der Waals surface area (Å²) in [6.07, 6.45) is 0. The van der Waals surface area contributed by atoms with Crippen LogP contribution < -0.4 is 4.74 Å². The fourth-order valence-electron chi connectivity index (χ4n) is 4.97. The molecule has 2 atom stereocenters. The van der Waals surface area contributed by atoms with Crippen LogP contribution in [0.25, 0.3) is 0 Å². The van der Waals surface area contributed by atoms with Crippen LogP contribution in [0.2, 0.25) is 5.02 Å². The molecular weight excluding hydrogens is 464 g/mol. The van der Waals surface area contributed by atoms with Crippen molar-refractivity contribution in [3.8, 4) is 5.75 Å². The van der Waals surface area contributed by atoms with Crippen molar-refractivity contribution < 1.29 is 19.1 Å². The van der Waals surface area contributed by atoms with Gasteiger partial charge in [-0.2, -0.15) is 0 Å². The van der Waals surface area contributed by atoms with E-state index >= 15 is 0 Å². The Morgan fingerprint density at radius 3 is 2.37 bits per heavy atom. The maximum atomic E-state index is 14.1. The van der Waals surface area contributed by atoms with Crippen LogP contribution in [-0.4, -0.2) is 55.0 Å². The van der Waals surface area contributed by atoms with Crippen LogP contribution in [0.1, 0.15) is 39.0 Å². The lowest BCUT2D eigenvalue weighted by atomic mass is 9.78. The molecule has 180 valence electrons. The van der Waals surface area contributed by atoms with Gasteiger partial charge in [0.1, 0.15) is 5.75 Å². The Morgan fingerprint density at radius 1 is 1.00 bits per heavy atom. The summed E-state index contributed by atoms with van der Waals surface area (Å²) in [7, 11) is 1.62. The normalized spacial score (nSPS) is 19.9. The third kappa shape index (κ3) is 4.64. The van der Waals surface area contributed by atoms with Crippen molar-refractivity contribution in [2.45, 2.75) is 18.5 Å². The fourth-order valence-corrected chi connectivity index (χ4v) is 5.10. The van der Waals surface area contributed by atoms with Crippen LogP contribution in [0.5, 0.6) is 5.75 Å². The van der Waals surface area contributed by atoms with Crippen LogP contribution in [0.15, 0.2) is 72.8 Å². The summed E-state index contributed by atoms with van der Waals surface area (Å²) in [5.41, 5.74) is 3.16. The molecule has 0 bridgehead atoms. The van der Waals surface area contributed by atoms with E-state index in [0.29, 0.717) is 43.4 Å². The lowest BCUT2D eigenvalue weighted by molar-refractivity contribution is -0.138. The molecule has 2 heterocycles. The van der Waals surface area contributed by atoms with Crippen molar-refractivity contribution >= 4 is 23.4 Å². The van der Waals surface area contributed by atoms with Gasteiger partial charge in [-0.3, -0.25) is 9.59 Å². The van der Waals surface area contributed by atoms with Gasteiger partial charge in [0.25, 0.3) is 5.91 Å². The second-order valence-corrected chi connectivity index (χ2v) is 9.22. The first kappa shape index (κ1) is 23.4. The van der Waals surface area contributed by atoms with Gasteiger partial charge in [0, 0.05) is 30.2 Å². The lowest BCUT2D eigenvalue weighted by Gasteiger charge is -2.44. The minimum atomic E-state index is -0.539. The highest BCUT2D eigenvalue weighted by molar-refractivity contribution is 6.30. The zero-order chi connectivity index (χ0) is 24.4. The highest BCUT2D eigenvalue weighted by Gasteiger charge is 2.45. The number of fused-ring (bicyclic) bond motifs is 1. The molecule has 2 aliphatic heterocycles. The summed E-state index contributed by atoms with van der Waals surface area (Å²) in [6.45, 7) is 2.46. The number of carbonyl (C=O) groups is 2. The predicted molar refractivity (Wildman–Crippen MR) is 134 cm³/mol. The molecule has 3 aromatic carbocycles. The van der Waals surface area contributed by atoms with Gasteiger partial charge in [0.2, 0.25) is 5.91 Å². The van der Waals surface area contributed by atoms with Crippen molar-refractivity contribution in [2.75, 3.05) is 33.4 Å². The number of hydrogen-bond donors (Lipinski definition) is 0. The average Bonchev–Trinajstić information content (AvgIpc) is 2.91. The number of ether oxygens (including phenoxy) is 2. The molecular formula is C28H27ClN2O4. The largest absolute Gasteiger partial charge is 0.497 e. The van der Waals surface area contributed by atoms with Crippen molar-refractivity contribution in [3.05, 3.63) is 100 Å². The molecule has 2 aliphatic rings. The maximum Gasteiger partial charge on any atom is 0.255 e. The SMILES string of the molecule is COc1ccc([C@@H]2[C@@H](C(=O)N3CCOCC3)c3ccccc3C(=O)N2Cc2ccc(Cl)cc2)cc1. The Labute approximate surface area is 210 Å². The van der Waals surface area contributed by atoms with Gasteiger partial charge in [-0.15, -0.1) is 0 Å². The highest BCUT2D eigenvalue weighted by atomic mass is 35.5. The van der Waals surface area contributed by atoms with Crippen LogP contribution in [-0.2, 0) is 16.1 Å². The Balaban J connectivity index is 1.64. The minimum absolute atomic E-state index is 0.00942. The summed E-state index contributed by atoms with van der Waals surface area (Å²) in [5, 5.41) is 0.635. The molecule has 0 saturated carbocycles. The van der Waals surface area contributed by atoms with Crippen LogP contribution >= 0.6 is 11.6 Å². The van der Waals surface area contributed by atoms with Gasteiger partial charge in [-0.25, -0.2) is 0 Å². The number of amides is 2. The zero-order valence-corrected chi connectivity index (χ0v) is 20.3. The van der Waals surface area contributed by atoms with Gasteiger partial charge in [-0.05, 0) is 47.0 Å². The van der Waals surface area contributed by atoms with E-state index in [-0.39, 0.29) is 11.8 Å². The smallest absolute Gasteiger partial charge is 0.255 e. The average molecular weight is 491 g/mol.